The molecule has 6 rings (SSSR count). The molecule has 2 saturated carbocycles. The second-order valence-corrected chi connectivity index (χ2v) is 11.1. The second-order valence-electron chi connectivity index (χ2n) is 11.1. The maximum atomic E-state index is 14.2. The molecule has 1 amide bonds. The summed E-state index contributed by atoms with van der Waals surface area (Å²) in [5.41, 5.74) is 2.73. The number of amides is 1. The van der Waals surface area contributed by atoms with E-state index < -0.39 is 5.60 Å². The van der Waals surface area contributed by atoms with Gasteiger partial charge in [0, 0.05) is 43.6 Å². The lowest BCUT2D eigenvalue weighted by atomic mass is 9.76. The Morgan fingerprint density at radius 3 is 2.68 bits per heavy atom. The van der Waals surface area contributed by atoms with Crippen molar-refractivity contribution in [3.63, 3.8) is 0 Å². The third-order valence-corrected chi connectivity index (χ3v) is 8.51. The summed E-state index contributed by atoms with van der Waals surface area (Å²) < 4.78 is 2.14. The maximum absolute atomic E-state index is 14.2. The number of imidazole rings is 1. The van der Waals surface area contributed by atoms with E-state index in [0.717, 1.165) is 62.9 Å². The fourth-order valence-corrected chi connectivity index (χ4v) is 6.44. The van der Waals surface area contributed by atoms with Crippen molar-refractivity contribution in [2.45, 2.75) is 69.1 Å². The quantitative estimate of drug-likeness (QED) is 0.508. The van der Waals surface area contributed by atoms with E-state index in [1.54, 1.807) is 12.4 Å². The van der Waals surface area contributed by atoms with E-state index >= 15 is 0 Å². The van der Waals surface area contributed by atoms with E-state index in [-0.39, 0.29) is 18.0 Å². The molecule has 1 aliphatic heterocycles. The van der Waals surface area contributed by atoms with Crippen LogP contribution < -0.4 is 5.32 Å². The monoisotopic (exact) mass is 499 g/mol. The molecular weight excluding hydrogens is 462 g/mol. The third-order valence-electron chi connectivity index (χ3n) is 8.51. The Balaban J connectivity index is 1.37. The topological polar surface area (TPSA) is 83.3 Å². The Bertz CT molecular complexity index is 1210. The summed E-state index contributed by atoms with van der Waals surface area (Å²) in [6, 6.07) is 14.1. The first-order valence-corrected chi connectivity index (χ1v) is 13.9. The van der Waals surface area contributed by atoms with Crippen molar-refractivity contribution in [1.29, 1.82) is 0 Å². The van der Waals surface area contributed by atoms with Gasteiger partial charge in [0.05, 0.1) is 23.7 Å². The van der Waals surface area contributed by atoms with Gasteiger partial charge < -0.3 is 19.9 Å². The fourth-order valence-electron chi connectivity index (χ4n) is 6.44. The molecule has 2 aromatic heterocycles. The molecular formula is C30H37N5O2. The lowest BCUT2D eigenvalue weighted by Gasteiger charge is -2.42. The summed E-state index contributed by atoms with van der Waals surface area (Å²) in [7, 11) is 0. The zero-order valence-corrected chi connectivity index (χ0v) is 21.4. The smallest absolute Gasteiger partial charge is 0.275 e. The number of nitrogens with one attached hydrogen (secondary N) is 1. The average Bonchev–Trinajstić information content (AvgIpc) is 3.63. The van der Waals surface area contributed by atoms with Crippen molar-refractivity contribution < 1.29 is 9.90 Å². The molecule has 3 aromatic rings. The van der Waals surface area contributed by atoms with Gasteiger partial charge in [0.2, 0.25) is 0 Å². The maximum Gasteiger partial charge on any atom is 0.275 e. The predicted molar refractivity (Wildman–Crippen MR) is 143 cm³/mol. The summed E-state index contributed by atoms with van der Waals surface area (Å²) in [5, 5.41) is 15.4. The molecule has 3 aliphatic rings. The lowest BCUT2D eigenvalue weighted by molar-refractivity contribution is -0.0518. The van der Waals surface area contributed by atoms with Crippen LogP contribution in [0.15, 0.2) is 61.2 Å². The molecule has 0 bridgehead atoms. The van der Waals surface area contributed by atoms with E-state index in [2.05, 4.69) is 27.0 Å². The first kappa shape index (κ1) is 24.3. The van der Waals surface area contributed by atoms with E-state index in [1.807, 2.05) is 41.6 Å². The number of nitrogens with zero attached hydrogens (tertiary/aromatic N) is 4. The first-order valence-electron chi connectivity index (χ1n) is 13.9. The van der Waals surface area contributed by atoms with Crippen LogP contribution in [0.3, 0.4) is 0 Å². The Morgan fingerprint density at radius 1 is 1.08 bits per heavy atom. The van der Waals surface area contributed by atoms with Gasteiger partial charge in [0.15, 0.2) is 5.69 Å². The van der Waals surface area contributed by atoms with Crippen LogP contribution in [0.5, 0.6) is 0 Å². The summed E-state index contributed by atoms with van der Waals surface area (Å²) in [5.74, 6) is 0.602. The van der Waals surface area contributed by atoms with Gasteiger partial charge in [-0.1, -0.05) is 56.0 Å². The number of aromatic nitrogens is 3. The van der Waals surface area contributed by atoms with E-state index in [0.29, 0.717) is 18.2 Å². The fraction of sp³-hybridized carbons (Fsp3) is 0.500. The van der Waals surface area contributed by atoms with Crippen molar-refractivity contribution in [3.05, 3.63) is 72.4 Å². The van der Waals surface area contributed by atoms with Gasteiger partial charge in [-0.3, -0.25) is 9.78 Å². The zero-order chi connectivity index (χ0) is 25.2. The van der Waals surface area contributed by atoms with Gasteiger partial charge in [-0.05, 0) is 49.3 Å². The van der Waals surface area contributed by atoms with Gasteiger partial charge >= 0.3 is 0 Å². The number of pyridine rings is 1. The van der Waals surface area contributed by atoms with Gasteiger partial charge in [0.1, 0.15) is 0 Å². The molecule has 1 aromatic carbocycles. The minimum absolute atomic E-state index is 0.0281. The summed E-state index contributed by atoms with van der Waals surface area (Å²) >= 11 is 0. The summed E-state index contributed by atoms with van der Waals surface area (Å²) in [6.07, 6.45) is 13.3. The Kier molecular flexibility index (Phi) is 6.82. The molecule has 0 spiro atoms. The molecule has 37 heavy (non-hydrogen) atoms. The number of piperazine rings is 1. The SMILES string of the molecule is O=C(c1ncn([C@@H]2CCCC[C@@]2(O)CC2CC2)c1-c1ccccc1)N1CCNC[C@H]1Cc1ccncc1. The molecule has 3 fully saturated rings. The standard InChI is InChI=1S/C30H37N5O2/c36-29(34-17-16-32-20-25(34)18-22-11-14-31-15-12-22)27-28(24-6-2-1-3-7-24)35(21-33-27)26-8-4-5-13-30(26,37)19-23-9-10-23/h1-3,6-7,11-12,14-15,21,23,25-26,32,37H,4-5,8-10,13,16-20H2/t25-,26-,30-/m1/s1. The van der Waals surface area contributed by atoms with E-state index in [9.17, 15) is 9.90 Å². The summed E-state index contributed by atoms with van der Waals surface area (Å²) in [6.45, 7) is 2.16. The number of hydrogen-bond acceptors (Lipinski definition) is 5. The van der Waals surface area contributed by atoms with Crippen molar-refractivity contribution in [3.8, 4) is 11.3 Å². The molecule has 3 atom stereocenters. The molecule has 0 unspecified atom stereocenters. The number of carbonyl (C=O) groups excluding carboxylic acids is 1. The van der Waals surface area contributed by atoms with Gasteiger partial charge in [-0.2, -0.15) is 0 Å². The van der Waals surface area contributed by atoms with Crippen LogP contribution in [0.1, 0.15) is 67.0 Å². The highest BCUT2D eigenvalue weighted by Crippen LogP contribution is 2.48. The van der Waals surface area contributed by atoms with Crippen LogP contribution in [-0.2, 0) is 6.42 Å². The van der Waals surface area contributed by atoms with Crippen LogP contribution in [-0.4, -0.2) is 61.7 Å². The highest BCUT2D eigenvalue weighted by atomic mass is 16.3. The number of benzene rings is 1. The Hall–Kier alpha value is -3.03. The number of hydrogen-bond donors (Lipinski definition) is 2. The van der Waals surface area contributed by atoms with E-state index in [1.165, 1.54) is 18.4 Å². The molecule has 1 saturated heterocycles. The molecule has 3 heterocycles. The van der Waals surface area contributed by atoms with Crippen LogP contribution in [0, 0.1) is 5.92 Å². The lowest BCUT2D eigenvalue weighted by Crippen LogP contribution is -2.54. The van der Waals surface area contributed by atoms with Gasteiger partial charge in [-0.15, -0.1) is 0 Å². The second kappa shape index (κ2) is 10.4. The molecule has 194 valence electrons. The molecule has 2 N–H and O–H groups in total. The highest BCUT2D eigenvalue weighted by molar-refractivity contribution is 5.98. The zero-order valence-electron chi connectivity index (χ0n) is 21.4. The van der Waals surface area contributed by atoms with Gasteiger partial charge in [-0.25, -0.2) is 4.98 Å². The molecule has 2 aliphatic carbocycles. The van der Waals surface area contributed by atoms with Crippen LogP contribution in [0.25, 0.3) is 11.3 Å². The third kappa shape index (κ3) is 5.07. The largest absolute Gasteiger partial charge is 0.388 e. The number of aliphatic hydroxyl groups is 1. The molecule has 0 radical (unpaired) electrons. The number of carbonyl (C=O) groups is 1. The van der Waals surface area contributed by atoms with Crippen LogP contribution in [0.2, 0.25) is 0 Å². The number of rotatable bonds is 7. The predicted octanol–water partition coefficient (Wildman–Crippen LogP) is 4.25. The first-order chi connectivity index (χ1) is 18.1. The van der Waals surface area contributed by atoms with Crippen molar-refractivity contribution in [2.75, 3.05) is 19.6 Å². The van der Waals surface area contributed by atoms with Crippen LogP contribution in [0.4, 0.5) is 0 Å². The normalized spacial score (nSPS) is 26.2. The minimum Gasteiger partial charge on any atom is -0.388 e. The molecule has 7 nitrogen and oxygen atoms in total. The van der Waals surface area contributed by atoms with Crippen molar-refractivity contribution in [1.82, 2.24) is 24.8 Å². The highest BCUT2D eigenvalue weighted by Gasteiger charge is 2.45. The summed E-state index contributed by atoms with van der Waals surface area (Å²) in [4.78, 5) is 25.1. The minimum atomic E-state index is -0.747. The Morgan fingerprint density at radius 2 is 1.89 bits per heavy atom. The van der Waals surface area contributed by atoms with Crippen LogP contribution >= 0.6 is 0 Å². The van der Waals surface area contributed by atoms with Crippen molar-refractivity contribution >= 4 is 5.91 Å². The van der Waals surface area contributed by atoms with E-state index in [4.69, 9.17) is 4.98 Å². The van der Waals surface area contributed by atoms with Crippen molar-refractivity contribution in [2.24, 2.45) is 5.92 Å². The Labute approximate surface area is 218 Å². The van der Waals surface area contributed by atoms with Gasteiger partial charge in [0.25, 0.3) is 5.91 Å². The molecule has 7 heteroatoms. The average molecular weight is 500 g/mol.